The average Bonchev–Trinajstić information content (AvgIpc) is 2.63. The Morgan fingerprint density at radius 1 is 1.00 bits per heavy atom. The van der Waals surface area contributed by atoms with E-state index in [1.165, 1.54) is 32.1 Å². The first-order valence-corrected chi connectivity index (χ1v) is 8.90. The Morgan fingerprint density at radius 3 is 2.50 bits per heavy atom. The fourth-order valence-corrected chi connectivity index (χ4v) is 4.24. The monoisotopic (exact) mass is 328 g/mol. The van der Waals surface area contributed by atoms with Crippen LogP contribution in [0.4, 0.5) is 10.5 Å². The minimum absolute atomic E-state index is 0.162. The molecule has 0 radical (unpaired) electrons. The molecule has 1 aromatic carbocycles. The van der Waals surface area contributed by atoms with E-state index >= 15 is 0 Å². The first-order valence-electron chi connectivity index (χ1n) is 8.90. The summed E-state index contributed by atoms with van der Waals surface area (Å²) in [5.74, 6) is -0.399. The van der Waals surface area contributed by atoms with Gasteiger partial charge in [0.25, 0.3) is 0 Å². The van der Waals surface area contributed by atoms with Gasteiger partial charge in [0, 0.05) is 24.9 Å². The van der Waals surface area contributed by atoms with Gasteiger partial charge in [0.2, 0.25) is 5.91 Å². The number of anilines is 1. The molecule has 6 heteroatoms. The van der Waals surface area contributed by atoms with Gasteiger partial charge in [-0.05, 0) is 25.0 Å². The number of imide groups is 1. The number of para-hydroxylation sites is 1. The van der Waals surface area contributed by atoms with Gasteiger partial charge in [-0.1, -0.05) is 37.5 Å². The van der Waals surface area contributed by atoms with Crippen LogP contribution >= 0.6 is 0 Å². The molecule has 3 fully saturated rings. The van der Waals surface area contributed by atoms with Crippen LogP contribution in [0.1, 0.15) is 32.1 Å². The Hall–Kier alpha value is -1.92. The molecule has 1 saturated carbocycles. The van der Waals surface area contributed by atoms with E-state index in [1.807, 2.05) is 30.3 Å². The quantitative estimate of drug-likeness (QED) is 0.870. The molecule has 2 heterocycles. The Kier molecular flexibility index (Phi) is 4.24. The maximum absolute atomic E-state index is 12.4. The zero-order valence-corrected chi connectivity index (χ0v) is 13.8. The van der Waals surface area contributed by atoms with Crippen molar-refractivity contribution in [3.8, 4) is 0 Å². The summed E-state index contributed by atoms with van der Waals surface area (Å²) < 4.78 is 0. The molecule has 24 heavy (non-hydrogen) atoms. The summed E-state index contributed by atoms with van der Waals surface area (Å²) in [6.45, 7) is 1.44. The number of urea groups is 1. The molecule has 2 aliphatic heterocycles. The maximum Gasteiger partial charge on any atom is 0.329 e. The number of carbonyl (C=O) groups excluding carboxylic acids is 2. The zero-order chi connectivity index (χ0) is 16.5. The van der Waals surface area contributed by atoms with Crippen LogP contribution in [0.3, 0.4) is 0 Å². The Morgan fingerprint density at radius 2 is 1.75 bits per heavy atom. The van der Waals surface area contributed by atoms with Gasteiger partial charge < -0.3 is 0 Å². The van der Waals surface area contributed by atoms with Gasteiger partial charge in [0.1, 0.15) is 6.17 Å². The smallest absolute Gasteiger partial charge is 0.287 e. The minimum Gasteiger partial charge on any atom is -0.287 e. The van der Waals surface area contributed by atoms with Crippen molar-refractivity contribution >= 4 is 17.6 Å². The van der Waals surface area contributed by atoms with Gasteiger partial charge in [-0.25, -0.2) is 4.79 Å². The summed E-state index contributed by atoms with van der Waals surface area (Å²) in [6, 6.07) is 9.76. The largest absolute Gasteiger partial charge is 0.329 e. The van der Waals surface area contributed by atoms with Crippen LogP contribution in [-0.2, 0) is 4.79 Å². The van der Waals surface area contributed by atoms with Crippen molar-refractivity contribution in [1.29, 1.82) is 0 Å². The molecular weight excluding hydrogens is 304 g/mol. The maximum atomic E-state index is 12.4. The molecule has 2 saturated heterocycles. The van der Waals surface area contributed by atoms with Crippen LogP contribution < -0.4 is 15.5 Å². The standard InChI is InChI=1S/C18H24N4O2/c23-17-15-11-21(13-7-3-1-4-8-13)12-19-16(15)22(18(24)20-17)14-9-5-2-6-10-14/h2,5-6,9-10,13,15-16,19H,1,3-4,7-8,11-12H2,(H,20,23,24). The first-order chi connectivity index (χ1) is 11.7. The van der Waals surface area contributed by atoms with Crippen molar-refractivity contribution in [2.75, 3.05) is 18.1 Å². The average molecular weight is 328 g/mol. The summed E-state index contributed by atoms with van der Waals surface area (Å²) in [6.07, 6.45) is 6.02. The zero-order valence-electron chi connectivity index (χ0n) is 13.8. The lowest BCUT2D eigenvalue weighted by molar-refractivity contribution is -0.128. The highest BCUT2D eigenvalue weighted by Crippen LogP contribution is 2.29. The molecule has 6 nitrogen and oxygen atoms in total. The number of hydrogen-bond acceptors (Lipinski definition) is 4. The minimum atomic E-state index is -0.342. The van der Waals surface area contributed by atoms with Gasteiger partial charge in [-0.15, -0.1) is 0 Å². The molecule has 3 aliphatic rings. The molecule has 4 rings (SSSR count). The summed E-state index contributed by atoms with van der Waals surface area (Å²) in [5.41, 5.74) is 0.816. The van der Waals surface area contributed by atoms with Gasteiger partial charge in [0.15, 0.2) is 0 Å². The first kappa shape index (κ1) is 15.6. The van der Waals surface area contributed by atoms with E-state index in [2.05, 4.69) is 15.5 Å². The van der Waals surface area contributed by atoms with E-state index in [4.69, 9.17) is 0 Å². The van der Waals surface area contributed by atoms with Crippen LogP contribution in [0.5, 0.6) is 0 Å². The normalized spacial score (nSPS) is 29.2. The number of nitrogens with zero attached hydrogens (tertiary/aromatic N) is 2. The summed E-state index contributed by atoms with van der Waals surface area (Å²) in [7, 11) is 0. The second-order valence-electron chi connectivity index (χ2n) is 6.98. The molecule has 1 aliphatic carbocycles. The number of fused-ring (bicyclic) bond motifs is 1. The molecular formula is C18H24N4O2. The van der Waals surface area contributed by atoms with E-state index in [0.717, 1.165) is 12.4 Å². The third-order valence-corrected chi connectivity index (χ3v) is 5.51. The molecule has 2 N–H and O–H groups in total. The lowest BCUT2D eigenvalue weighted by Gasteiger charge is -2.48. The van der Waals surface area contributed by atoms with Gasteiger partial charge >= 0.3 is 6.03 Å². The Labute approximate surface area is 142 Å². The molecule has 2 unspecified atom stereocenters. The number of amides is 3. The second kappa shape index (κ2) is 6.53. The number of carbonyl (C=O) groups is 2. The fraction of sp³-hybridized carbons (Fsp3) is 0.556. The third kappa shape index (κ3) is 2.80. The van der Waals surface area contributed by atoms with E-state index in [-0.39, 0.29) is 24.0 Å². The Bertz CT molecular complexity index is 615. The van der Waals surface area contributed by atoms with E-state index in [0.29, 0.717) is 12.6 Å². The predicted molar refractivity (Wildman–Crippen MR) is 91.3 cm³/mol. The van der Waals surface area contributed by atoms with E-state index in [1.54, 1.807) is 4.90 Å². The van der Waals surface area contributed by atoms with Crippen molar-refractivity contribution in [1.82, 2.24) is 15.5 Å². The van der Waals surface area contributed by atoms with E-state index < -0.39 is 0 Å². The van der Waals surface area contributed by atoms with Gasteiger partial charge in [-0.2, -0.15) is 0 Å². The van der Waals surface area contributed by atoms with Crippen LogP contribution in [0.25, 0.3) is 0 Å². The number of nitrogens with one attached hydrogen (secondary N) is 2. The number of hydrogen-bond donors (Lipinski definition) is 2. The molecule has 128 valence electrons. The van der Waals surface area contributed by atoms with Crippen LogP contribution in [0.15, 0.2) is 30.3 Å². The van der Waals surface area contributed by atoms with Crippen LogP contribution in [0, 0.1) is 5.92 Å². The highest BCUT2D eigenvalue weighted by molar-refractivity contribution is 6.07. The molecule has 3 amide bonds. The number of benzene rings is 1. The summed E-state index contributed by atoms with van der Waals surface area (Å²) in [5, 5.41) is 5.98. The summed E-state index contributed by atoms with van der Waals surface area (Å²) >= 11 is 0. The highest BCUT2D eigenvalue weighted by atomic mass is 16.2. The van der Waals surface area contributed by atoms with Crippen LogP contribution in [-0.4, -0.2) is 42.3 Å². The van der Waals surface area contributed by atoms with Gasteiger partial charge in [0.05, 0.1) is 5.92 Å². The lowest BCUT2D eigenvalue weighted by atomic mass is 9.91. The topological polar surface area (TPSA) is 64.7 Å². The molecule has 0 aromatic heterocycles. The Balaban J connectivity index is 1.55. The van der Waals surface area contributed by atoms with Crippen molar-refractivity contribution in [3.05, 3.63) is 30.3 Å². The van der Waals surface area contributed by atoms with Crippen molar-refractivity contribution < 1.29 is 9.59 Å². The SMILES string of the molecule is O=C1NC(=O)N(c2ccccc2)C2NCN(C3CCCCC3)CC12. The highest BCUT2D eigenvalue weighted by Gasteiger charge is 2.46. The molecule has 0 bridgehead atoms. The second-order valence-corrected chi connectivity index (χ2v) is 6.98. The van der Waals surface area contributed by atoms with Crippen molar-refractivity contribution in [2.45, 2.75) is 44.3 Å². The van der Waals surface area contributed by atoms with E-state index in [9.17, 15) is 9.59 Å². The third-order valence-electron chi connectivity index (χ3n) is 5.51. The van der Waals surface area contributed by atoms with Gasteiger partial charge in [-0.3, -0.25) is 25.2 Å². The molecule has 2 atom stereocenters. The predicted octanol–water partition coefficient (Wildman–Crippen LogP) is 1.88. The lowest BCUT2D eigenvalue weighted by Crippen LogP contribution is -2.71. The fourth-order valence-electron chi connectivity index (χ4n) is 4.24. The molecule has 1 aromatic rings. The van der Waals surface area contributed by atoms with Crippen molar-refractivity contribution in [3.63, 3.8) is 0 Å². The summed E-state index contributed by atoms with van der Waals surface area (Å²) in [4.78, 5) is 28.9. The van der Waals surface area contributed by atoms with Crippen LogP contribution in [0.2, 0.25) is 0 Å². The number of rotatable bonds is 2. The van der Waals surface area contributed by atoms with Crippen molar-refractivity contribution in [2.24, 2.45) is 5.92 Å². The molecule has 0 spiro atoms.